The Morgan fingerprint density at radius 3 is 2.61 bits per heavy atom. The summed E-state index contributed by atoms with van der Waals surface area (Å²) in [7, 11) is 3.15. The second-order valence-corrected chi connectivity index (χ2v) is 6.98. The number of fused-ring (bicyclic) bond motifs is 1. The van der Waals surface area contributed by atoms with Gasteiger partial charge in [-0.3, -0.25) is 4.79 Å². The molecular formula is C22H22ClNO4. The lowest BCUT2D eigenvalue weighted by atomic mass is 9.98. The molecule has 0 aliphatic rings. The number of halogens is 1. The van der Waals surface area contributed by atoms with Crippen LogP contribution in [0.4, 0.5) is 5.69 Å². The van der Waals surface area contributed by atoms with Gasteiger partial charge in [0.25, 0.3) is 0 Å². The normalized spacial score (nSPS) is 11.6. The molecule has 3 rings (SSSR count). The van der Waals surface area contributed by atoms with Crippen molar-refractivity contribution in [2.45, 2.75) is 20.8 Å². The number of hydrogen-bond donors (Lipinski definition) is 1. The molecule has 1 N–H and O–H groups in total. The summed E-state index contributed by atoms with van der Waals surface area (Å²) < 4.78 is 16.5. The maximum atomic E-state index is 12.6. The molecule has 2 aromatic carbocycles. The zero-order chi connectivity index (χ0) is 20.4. The van der Waals surface area contributed by atoms with E-state index in [1.54, 1.807) is 31.6 Å². The minimum atomic E-state index is -0.290. The Hall–Kier alpha value is -2.92. The Morgan fingerprint density at radius 1 is 1.18 bits per heavy atom. The fraction of sp³-hybridized carbons (Fsp3) is 0.227. The third-order valence-electron chi connectivity index (χ3n) is 4.63. The quantitative estimate of drug-likeness (QED) is 0.554. The first-order valence-corrected chi connectivity index (χ1v) is 9.12. The van der Waals surface area contributed by atoms with E-state index in [0.29, 0.717) is 22.2 Å². The molecule has 28 heavy (non-hydrogen) atoms. The van der Waals surface area contributed by atoms with E-state index in [0.717, 1.165) is 33.2 Å². The van der Waals surface area contributed by atoms with Crippen LogP contribution >= 0.6 is 11.6 Å². The number of carbonyl (C=O) groups excluding carboxylic acids is 1. The molecule has 0 unspecified atom stereocenters. The monoisotopic (exact) mass is 399 g/mol. The SMILES string of the molecule is COc1ccc(Cl)cc1NC(=O)/C=C(\C)c1cc2c(C)coc2c(C)c1OC. The Kier molecular flexibility index (Phi) is 5.66. The molecule has 0 aliphatic carbocycles. The van der Waals surface area contributed by atoms with Crippen LogP contribution in [0.5, 0.6) is 11.5 Å². The molecule has 0 fully saturated rings. The van der Waals surface area contributed by atoms with Gasteiger partial charge in [0.2, 0.25) is 5.91 Å². The molecular weight excluding hydrogens is 378 g/mol. The Labute approximate surface area is 168 Å². The molecule has 5 nitrogen and oxygen atoms in total. The average molecular weight is 400 g/mol. The number of methoxy groups -OCH3 is 2. The van der Waals surface area contributed by atoms with Gasteiger partial charge in [-0.15, -0.1) is 0 Å². The molecule has 3 aromatic rings. The van der Waals surface area contributed by atoms with Gasteiger partial charge in [0, 0.05) is 27.6 Å². The van der Waals surface area contributed by atoms with Gasteiger partial charge in [0.15, 0.2) is 0 Å². The van der Waals surface area contributed by atoms with E-state index in [-0.39, 0.29) is 5.91 Å². The Bertz CT molecular complexity index is 1080. The van der Waals surface area contributed by atoms with Crippen LogP contribution in [-0.2, 0) is 4.79 Å². The maximum absolute atomic E-state index is 12.6. The topological polar surface area (TPSA) is 60.7 Å². The Balaban J connectivity index is 1.98. The summed E-state index contributed by atoms with van der Waals surface area (Å²) >= 11 is 6.03. The summed E-state index contributed by atoms with van der Waals surface area (Å²) in [6, 6.07) is 7.04. The van der Waals surface area contributed by atoms with Gasteiger partial charge >= 0.3 is 0 Å². The fourth-order valence-corrected chi connectivity index (χ4v) is 3.39. The summed E-state index contributed by atoms with van der Waals surface area (Å²) in [5.74, 6) is 0.929. The molecule has 0 atom stereocenters. The number of aryl methyl sites for hydroxylation is 2. The van der Waals surface area contributed by atoms with Crippen LogP contribution in [0, 0.1) is 13.8 Å². The zero-order valence-electron chi connectivity index (χ0n) is 16.5. The van der Waals surface area contributed by atoms with Gasteiger partial charge in [-0.25, -0.2) is 0 Å². The molecule has 146 valence electrons. The highest BCUT2D eigenvalue weighted by atomic mass is 35.5. The van der Waals surface area contributed by atoms with Crippen molar-refractivity contribution in [2.75, 3.05) is 19.5 Å². The van der Waals surface area contributed by atoms with Gasteiger partial charge in [0.05, 0.1) is 26.2 Å². The second kappa shape index (κ2) is 7.98. The third kappa shape index (κ3) is 3.71. The zero-order valence-corrected chi connectivity index (χ0v) is 17.2. The number of anilines is 1. The predicted molar refractivity (Wildman–Crippen MR) is 113 cm³/mol. The summed E-state index contributed by atoms with van der Waals surface area (Å²) in [5, 5.41) is 4.32. The third-order valence-corrected chi connectivity index (χ3v) is 4.87. The number of nitrogens with one attached hydrogen (secondary N) is 1. The summed E-state index contributed by atoms with van der Waals surface area (Å²) in [4.78, 5) is 12.6. The number of amides is 1. The van der Waals surface area contributed by atoms with Crippen molar-refractivity contribution in [2.24, 2.45) is 0 Å². The highest BCUT2D eigenvalue weighted by Gasteiger charge is 2.17. The van der Waals surface area contributed by atoms with E-state index in [1.165, 1.54) is 13.2 Å². The number of furan rings is 1. The van der Waals surface area contributed by atoms with Gasteiger partial charge < -0.3 is 19.2 Å². The summed E-state index contributed by atoms with van der Waals surface area (Å²) in [6.07, 6.45) is 3.25. The first-order chi connectivity index (χ1) is 13.3. The number of ether oxygens (including phenoxy) is 2. The van der Waals surface area contributed by atoms with Crippen molar-refractivity contribution < 1.29 is 18.7 Å². The van der Waals surface area contributed by atoms with E-state index in [2.05, 4.69) is 5.32 Å². The molecule has 0 saturated carbocycles. The van der Waals surface area contributed by atoms with Crippen LogP contribution in [0.25, 0.3) is 16.5 Å². The molecule has 0 bridgehead atoms. The van der Waals surface area contributed by atoms with E-state index >= 15 is 0 Å². The molecule has 6 heteroatoms. The Morgan fingerprint density at radius 2 is 1.93 bits per heavy atom. The van der Waals surface area contributed by atoms with Crippen LogP contribution < -0.4 is 14.8 Å². The predicted octanol–water partition coefficient (Wildman–Crippen LogP) is 5.76. The molecule has 0 radical (unpaired) electrons. The van der Waals surface area contributed by atoms with Crippen molar-refractivity contribution in [3.8, 4) is 11.5 Å². The van der Waals surface area contributed by atoms with Gasteiger partial charge in [0.1, 0.15) is 17.1 Å². The van der Waals surface area contributed by atoms with E-state index in [9.17, 15) is 4.79 Å². The molecule has 1 aromatic heterocycles. The van der Waals surface area contributed by atoms with E-state index < -0.39 is 0 Å². The molecule has 0 aliphatic heterocycles. The van der Waals surface area contributed by atoms with Gasteiger partial charge in [-0.2, -0.15) is 0 Å². The molecule has 0 spiro atoms. The number of carbonyl (C=O) groups is 1. The first kappa shape index (κ1) is 19.8. The maximum Gasteiger partial charge on any atom is 0.248 e. The van der Waals surface area contributed by atoms with Gasteiger partial charge in [-0.05, 0) is 56.2 Å². The summed E-state index contributed by atoms with van der Waals surface area (Å²) in [5.41, 5.74) is 4.83. The number of hydrogen-bond acceptors (Lipinski definition) is 4. The smallest absolute Gasteiger partial charge is 0.248 e. The van der Waals surface area contributed by atoms with Crippen LogP contribution in [0.2, 0.25) is 5.02 Å². The van der Waals surface area contributed by atoms with Crippen LogP contribution in [0.3, 0.4) is 0 Å². The van der Waals surface area contributed by atoms with Crippen molar-refractivity contribution in [3.05, 3.63) is 58.3 Å². The molecule has 1 amide bonds. The number of allylic oxidation sites excluding steroid dienone is 1. The van der Waals surface area contributed by atoms with Crippen LogP contribution in [0.15, 0.2) is 41.0 Å². The van der Waals surface area contributed by atoms with Crippen molar-refractivity contribution in [3.63, 3.8) is 0 Å². The van der Waals surface area contributed by atoms with Crippen molar-refractivity contribution >= 4 is 39.7 Å². The second-order valence-electron chi connectivity index (χ2n) is 6.54. The number of rotatable bonds is 5. The summed E-state index contributed by atoms with van der Waals surface area (Å²) in [6.45, 7) is 5.80. The van der Waals surface area contributed by atoms with Crippen LogP contribution in [-0.4, -0.2) is 20.1 Å². The number of benzene rings is 2. The average Bonchev–Trinajstić information content (AvgIpc) is 3.03. The van der Waals surface area contributed by atoms with Crippen molar-refractivity contribution in [1.29, 1.82) is 0 Å². The lowest BCUT2D eigenvalue weighted by Gasteiger charge is -2.13. The van der Waals surface area contributed by atoms with Crippen molar-refractivity contribution in [1.82, 2.24) is 0 Å². The standard InChI is InChI=1S/C22H22ClNO4/c1-12(8-20(25)24-18-9-15(23)6-7-19(18)26-4)16-10-17-13(2)11-28-22(17)14(3)21(16)27-5/h6-11H,1-5H3,(H,24,25)/b12-8+. The minimum Gasteiger partial charge on any atom is -0.496 e. The van der Waals surface area contributed by atoms with E-state index in [4.69, 9.17) is 25.5 Å². The fourth-order valence-electron chi connectivity index (χ4n) is 3.22. The highest BCUT2D eigenvalue weighted by Crippen LogP contribution is 2.37. The molecule has 1 heterocycles. The van der Waals surface area contributed by atoms with E-state index in [1.807, 2.05) is 26.8 Å². The largest absolute Gasteiger partial charge is 0.496 e. The highest BCUT2D eigenvalue weighted by molar-refractivity contribution is 6.31. The minimum absolute atomic E-state index is 0.290. The molecule has 0 saturated heterocycles. The van der Waals surface area contributed by atoms with Gasteiger partial charge in [-0.1, -0.05) is 11.6 Å². The van der Waals surface area contributed by atoms with Crippen LogP contribution in [0.1, 0.15) is 23.6 Å². The lowest BCUT2D eigenvalue weighted by Crippen LogP contribution is -2.10. The first-order valence-electron chi connectivity index (χ1n) is 8.74. The lowest BCUT2D eigenvalue weighted by molar-refractivity contribution is -0.111.